The molecule has 0 aliphatic heterocycles. The van der Waals surface area contributed by atoms with Crippen LogP contribution in [-0.2, 0) is 0 Å². The molecule has 0 spiro atoms. The van der Waals surface area contributed by atoms with Gasteiger partial charge >= 0.3 is 0 Å². The number of alkyl halides is 1. The molecule has 2 aromatic carbocycles. The highest BCUT2D eigenvalue weighted by Gasteiger charge is 2.17. The van der Waals surface area contributed by atoms with Crippen LogP contribution in [-0.4, -0.2) is 7.11 Å². The predicted molar refractivity (Wildman–Crippen MR) is 92.6 cm³/mol. The first kappa shape index (κ1) is 15.4. The summed E-state index contributed by atoms with van der Waals surface area (Å²) in [5.74, 6) is 0.724. The van der Waals surface area contributed by atoms with Crippen molar-refractivity contribution in [2.24, 2.45) is 0 Å². The molecule has 0 amide bonds. The molecule has 0 aliphatic carbocycles. The van der Waals surface area contributed by atoms with Gasteiger partial charge in [0.1, 0.15) is 5.75 Å². The second-order valence-electron chi connectivity index (χ2n) is 3.92. The summed E-state index contributed by atoms with van der Waals surface area (Å²) in [6.07, 6.45) is 0. The van der Waals surface area contributed by atoms with Crippen molar-refractivity contribution in [2.45, 2.75) is 5.38 Å². The van der Waals surface area contributed by atoms with E-state index in [-0.39, 0.29) is 5.38 Å². The van der Waals surface area contributed by atoms with E-state index in [0.29, 0.717) is 5.02 Å². The van der Waals surface area contributed by atoms with Crippen LogP contribution in [0.2, 0.25) is 5.02 Å². The summed E-state index contributed by atoms with van der Waals surface area (Å²) in [6.45, 7) is 0. The molecule has 19 heavy (non-hydrogen) atoms. The third-order valence-electron chi connectivity index (χ3n) is 2.71. The average Bonchev–Trinajstić information content (AvgIpc) is 2.40. The van der Waals surface area contributed by atoms with Gasteiger partial charge in [-0.05, 0) is 64.0 Å². The Labute approximate surface area is 144 Å². The van der Waals surface area contributed by atoms with E-state index >= 15 is 0 Å². The second-order valence-corrected chi connectivity index (χ2v) is 6.84. The van der Waals surface area contributed by atoms with Crippen LogP contribution >= 0.6 is 61.7 Å². The molecule has 0 aliphatic rings. The monoisotopic (exact) mass is 470 g/mol. The molecule has 0 radical (unpaired) electrons. The van der Waals surface area contributed by atoms with E-state index in [9.17, 15) is 0 Å². The van der Waals surface area contributed by atoms with Gasteiger partial charge in [0.2, 0.25) is 0 Å². The third-order valence-corrected chi connectivity index (χ3v) is 4.98. The van der Waals surface area contributed by atoms with Crippen LogP contribution in [0.25, 0.3) is 0 Å². The summed E-state index contributed by atoms with van der Waals surface area (Å²) in [7, 11) is 1.61. The van der Waals surface area contributed by atoms with Crippen LogP contribution < -0.4 is 4.74 Å². The number of rotatable bonds is 3. The molecule has 0 fully saturated rings. The number of methoxy groups -OCH3 is 1. The Hall–Kier alpha value is 0.0300. The van der Waals surface area contributed by atoms with Gasteiger partial charge in [-0.1, -0.05) is 33.6 Å². The molecule has 1 atom stereocenters. The first-order chi connectivity index (χ1) is 9.02. The molecule has 1 nitrogen and oxygen atoms in total. The van der Waals surface area contributed by atoms with Crippen molar-refractivity contribution < 1.29 is 4.74 Å². The molecular formula is C14H10BrCl2IO. The lowest BCUT2D eigenvalue weighted by atomic mass is 10.0. The normalized spacial score (nSPS) is 12.3. The molecule has 1 unspecified atom stereocenters. The van der Waals surface area contributed by atoms with Crippen molar-refractivity contribution in [3.8, 4) is 5.75 Å². The Kier molecular flexibility index (Phi) is 5.40. The van der Waals surface area contributed by atoms with Crippen molar-refractivity contribution >= 4 is 61.7 Å². The van der Waals surface area contributed by atoms with Crippen LogP contribution in [0.1, 0.15) is 16.5 Å². The van der Waals surface area contributed by atoms with E-state index < -0.39 is 0 Å². The number of benzene rings is 2. The first-order valence-corrected chi connectivity index (χ1v) is 8.14. The highest BCUT2D eigenvalue weighted by molar-refractivity contribution is 14.1. The van der Waals surface area contributed by atoms with Gasteiger partial charge in [-0.15, -0.1) is 11.6 Å². The summed E-state index contributed by atoms with van der Waals surface area (Å²) in [4.78, 5) is 0. The van der Waals surface area contributed by atoms with Gasteiger partial charge in [0.15, 0.2) is 0 Å². The lowest BCUT2D eigenvalue weighted by Crippen LogP contribution is -1.98. The van der Waals surface area contributed by atoms with Crippen molar-refractivity contribution in [3.05, 3.63) is 60.6 Å². The zero-order valence-electron chi connectivity index (χ0n) is 9.96. The van der Waals surface area contributed by atoms with Crippen LogP contribution in [0.15, 0.2) is 40.9 Å². The number of hydrogen-bond donors (Lipinski definition) is 0. The summed E-state index contributed by atoms with van der Waals surface area (Å²) < 4.78 is 7.24. The number of halogens is 4. The Balaban J connectivity index is 2.43. The van der Waals surface area contributed by atoms with Gasteiger partial charge in [0.05, 0.1) is 12.5 Å². The maximum atomic E-state index is 6.56. The summed E-state index contributed by atoms with van der Waals surface area (Å²) in [5.41, 5.74) is 1.91. The highest BCUT2D eigenvalue weighted by atomic mass is 127. The Morgan fingerprint density at radius 2 is 1.89 bits per heavy atom. The van der Waals surface area contributed by atoms with Crippen molar-refractivity contribution in [1.82, 2.24) is 0 Å². The molecule has 100 valence electrons. The van der Waals surface area contributed by atoms with Crippen molar-refractivity contribution in [3.63, 3.8) is 0 Å². The minimum absolute atomic E-state index is 0.289. The lowest BCUT2D eigenvalue weighted by molar-refractivity contribution is 0.414. The number of ether oxygens (including phenoxy) is 1. The quantitative estimate of drug-likeness (QED) is 0.391. The molecule has 2 aromatic rings. The van der Waals surface area contributed by atoms with Crippen molar-refractivity contribution in [1.29, 1.82) is 0 Å². The summed E-state index contributed by atoms with van der Waals surface area (Å²) in [5, 5.41) is 0.318. The maximum Gasteiger partial charge on any atom is 0.120 e. The standard InChI is InChI=1S/C14H10BrCl2IO/c1-19-9-3-4-10(12(16)7-9)14(17)11-6-8(15)2-5-13(11)18/h2-7,14H,1H3. The van der Waals surface area contributed by atoms with Gasteiger partial charge in [-0.2, -0.15) is 0 Å². The van der Waals surface area contributed by atoms with Gasteiger partial charge in [-0.3, -0.25) is 0 Å². The Morgan fingerprint density at radius 1 is 1.16 bits per heavy atom. The van der Waals surface area contributed by atoms with E-state index in [1.807, 2.05) is 30.3 Å². The fraction of sp³-hybridized carbons (Fsp3) is 0.143. The van der Waals surface area contributed by atoms with Crippen LogP contribution in [0.3, 0.4) is 0 Å². The Morgan fingerprint density at radius 3 is 2.53 bits per heavy atom. The second kappa shape index (κ2) is 6.66. The van der Waals surface area contributed by atoms with Gasteiger partial charge < -0.3 is 4.74 Å². The van der Waals surface area contributed by atoms with E-state index in [2.05, 4.69) is 38.5 Å². The molecule has 0 aromatic heterocycles. The van der Waals surface area contributed by atoms with Gasteiger partial charge in [-0.25, -0.2) is 0 Å². The molecule has 0 bridgehead atoms. The van der Waals surface area contributed by atoms with E-state index in [4.69, 9.17) is 27.9 Å². The molecular weight excluding hydrogens is 462 g/mol. The maximum absolute atomic E-state index is 6.56. The molecule has 0 heterocycles. The molecule has 0 N–H and O–H groups in total. The van der Waals surface area contributed by atoms with Crippen LogP contribution in [0, 0.1) is 3.57 Å². The smallest absolute Gasteiger partial charge is 0.120 e. The summed E-state index contributed by atoms with van der Waals surface area (Å²) in [6, 6.07) is 11.6. The highest BCUT2D eigenvalue weighted by Crippen LogP contribution is 2.38. The minimum Gasteiger partial charge on any atom is -0.497 e. The zero-order valence-corrected chi connectivity index (χ0v) is 15.2. The van der Waals surface area contributed by atoms with Crippen molar-refractivity contribution in [2.75, 3.05) is 7.11 Å². The molecule has 0 saturated heterocycles. The Bertz CT molecular complexity index is 604. The van der Waals surface area contributed by atoms with Gasteiger partial charge in [0, 0.05) is 13.1 Å². The van der Waals surface area contributed by atoms with E-state index in [1.165, 1.54) is 0 Å². The molecule has 0 saturated carbocycles. The molecule has 5 heteroatoms. The van der Waals surface area contributed by atoms with E-state index in [1.54, 1.807) is 13.2 Å². The topological polar surface area (TPSA) is 9.23 Å². The van der Waals surface area contributed by atoms with Crippen LogP contribution in [0.5, 0.6) is 5.75 Å². The lowest BCUT2D eigenvalue weighted by Gasteiger charge is -2.15. The largest absolute Gasteiger partial charge is 0.497 e. The fourth-order valence-electron chi connectivity index (χ4n) is 1.72. The third kappa shape index (κ3) is 3.57. The zero-order chi connectivity index (χ0) is 14.0. The fourth-order valence-corrected chi connectivity index (χ4v) is 3.63. The summed E-state index contributed by atoms with van der Waals surface area (Å²) >= 11 is 18.6. The molecule has 2 rings (SSSR count). The van der Waals surface area contributed by atoms with E-state index in [0.717, 1.165) is 24.9 Å². The minimum atomic E-state index is -0.289. The average molecular weight is 472 g/mol. The first-order valence-electron chi connectivity index (χ1n) is 5.45. The SMILES string of the molecule is COc1ccc(C(Cl)c2cc(Br)ccc2I)c(Cl)c1. The predicted octanol–water partition coefficient (Wildman–Crippen LogP) is 6.04. The number of hydrogen-bond acceptors (Lipinski definition) is 1. The van der Waals surface area contributed by atoms with Gasteiger partial charge in [0.25, 0.3) is 0 Å². The van der Waals surface area contributed by atoms with Crippen LogP contribution in [0.4, 0.5) is 0 Å².